The normalized spacial score (nSPS) is 11.3. The lowest BCUT2D eigenvalue weighted by atomic mass is 9.98. The van der Waals surface area contributed by atoms with Crippen LogP contribution in [0.25, 0.3) is 0 Å². The molecule has 0 spiro atoms. The van der Waals surface area contributed by atoms with Crippen molar-refractivity contribution in [2.24, 2.45) is 0 Å². The molecule has 1 rings (SSSR count). The van der Waals surface area contributed by atoms with Crippen LogP contribution in [0.5, 0.6) is 0 Å². The van der Waals surface area contributed by atoms with E-state index < -0.39 is 0 Å². The fourth-order valence-electron chi connectivity index (χ4n) is 1.66. The largest absolute Gasteiger partial charge is 0.398 e. The first-order valence-corrected chi connectivity index (χ1v) is 5.53. The van der Waals surface area contributed by atoms with Crippen molar-refractivity contribution in [3.05, 3.63) is 29.3 Å². The zero-order chi connectivity index (χ0) is 11.4. The van der Waals surface area contributed by atoms with Gasteiger partial charge in [-0.3, -0.25) is 0 Å². The molecule has 0 bridgehead atoms. The second kappa shape index (κ2) is 5.17. The van der Waals surface area contributed by atoms with Crippen LogP contribution in [0.15, 0.2) is 18.2 Å². The van der Waals surface area contributed by atoms with Crippen LogP contribution >= 0.6 is 0 Å². The highest BCUT2D eigenvalue weighted by Crippen LogP contribution is 2.22. The van der Waals surface area contributed by atoms with E-state index in [0.29, 0.717) is 5.92 Å². The van der Waals surface area contributed by atoms with Gasteiger partial charge in [0.05, 0.1) is 0 Å². The Labute approximate surface area is 93.1 Å². The van der Waals surface area contributed by atoms with Crippen LogP contribution in [0, 0.1) is 0 Å². The number of benzene rings is 1. The maximum Gasteiger partial charge on any atom is 0.0351 e. The minimum atomic E-state index is 0.507. The third kappa shape index (κ3) is 3.56. The van der Waals surface area contributed by atoms with Gasteiger partial charge in [-0.25, -0.2) is 0 Å². The number of likely N-dealkylation sites (N-methyl/N-ethyl adjacent to an activating group) is 1. The minimum Gasteiger partial charge on any atom is -0.398 e. The monoisotopic (exact) mass is 206 g/mol. The van der Waals surface area contributed by atoms with Crippen LogP contribution in [-0.4, -0.2) is 25.5 Å². The van der Waals surface area contributed by atoms with E-state index in [4.69, 9.17) is 5.73 Å². The molecule has 1 aromatic carbocycles. The molecule has 15 heavy (non-hydrogen) atoms. The van der Waals surface area contributed by atoms with E-state index in [1.54, 1.807) is 0 Å². The Hall–Kier alpha value is -1.02. The van der Waals surface area contributed by atoms with Gasteiger partial charge in [0.2, 0.25) is 0 Å². The number of nitrogens with two attached hydrogens (primary N) is 1. The molecule has 0 aliphatic rings. The molecule has 1 aromatic rings. The van der Waals surface area contributed by atoms with Crippen LogP contribution in [0.3, 0.4) is 0 Å². The molecule has 2 nitrogen and oxygen atoms in total. The molecule has 2 N–H and O–H groups in total. The molecule has 2 heteroatoms. The van der Waals surface area contributed by atoms with E-state index in [9.17, 15) is 0 Å². The minimum absolute atomic E-state index is 0.507. The van der Waals surface area contributed by atoms with Crippen LogP contribution < -0.4 is 5.73 Å². The van der Waals surface area contributed by atoms with Gasteiger partial charge < -0.3 is 10.6 Å². The molecule has 0 saturated heterocycles. The first-order chi connectivity index (χ1) is 7.00. The van der Waals surface area contributed by atoms with E-state index in [0.717, 1.165) is 18.7 Å². The average Bonchev–Trinajstić information content (AvgIpc) is 2.14. The molecular weight excluding hydrogens is 184 g/mol. The Balaban J connectivity index is 2.73. The molecule has 0 saturated carbocycles. The third-order valence-corrected chi connectivity index (χ3v) is 2.62. The van der Waals surface area contributed by atoms with E-state index in [-0.39, 0.29) is 0 Å². The SMILES string of the molecule is CC(C)c1ccc(CCN(C)C)cc1N. The second-order valence-electron chi connectivity index (χ2n) is 4.67. The van der Waals surface area contributed by atoms with Crippen molar-refractivity contribution in [3.8, 4) is 0 Å². The highest BCUT2D eigenvalue weighted by Gasteiger charge is 2.04. The van der Waals surface area contributed by atoms with Gasteiger partial charge >= 0.3 is 0 Å². The summed E-state index contributed by atoms with van der Waals surface area (Å²) in [5.41, 5.74) is 9.52. The van der Waals surface area contributed by atoms with Crippen molar-refractivity contribution in [2.75, 3.05) is 26.4 Å². The van der Waals surface area contributed by atoms with Gasteiger partial charge in [0.1, 0.15) is 0 Å². The second-order valence-corrected chi connectivity index (χ2v) is 4.67. The summed E-state index contributed by atoms with van der Waals surface area (Å²) in [7, 11) is 4.18. The quantitative estimate of drug-likeness (QED) is 0.767. The zero-order valence-corrected chi connectivity index (χ0v) is 10.2. The van der Waals surface area contributed by atoms with Crippen molar-refractivity contribution >= 4 is 5.69 Å². The number of nitrogen functional groups attached to an aromatic ring is 1. The summed E-state index contributed by atoms with van der Waals surface area (Å²) in [5, 5.41) is 0. The van der Waals surface area contributed by atoms with Gasteiger partial charge in [0.25, 0.3) is 0 Å². The molecule has 0 atom stereocenters. The number of nitrogens with zero attached hydrogens (tertiary/aromatic N) is 1. The Morgan fingerprint density at radius 2 is 1.93 bits per heavy atom. The van der Waals surface area contributed by atoms with Gasteiger partial charge in [0.15, 0.2) is 0 Å². The third-order valence-electron chi connectivity index (χ3n) is 2.62. The van der Waals surface area contributed by atoms with Gasteiger partial charge in [-0.2, -0.15) is 0 Å². The number of anilines is 1. The lowest BCUT2D eigenvalue weighted by molar-refractivity contribution is 0.413. The molecule has 0 amide bonds. The molecule has 0 unspecified atom stereocenters. The summed E-state index contributed by atoms with van der Waals surface area (Å²) in [6, 6.07) is 6.46. The molecule has 0 aliphatic heterocycles. The van der Waals surface area contributed by atoms with E-state index >= 15 is 0 Å². The topological polar surface area (TPSA) is 29.3 Å². The Morgan fingerprint density at radius 1 is 1.27 bits per heavy atom. The molecule has 0 radical (unpaired) electrons. The first-order valence-electron chi connectivity index (χ1n) is 5.53. The van der Waals surface area contributed by atoms with Gasteiger partial charge in [0, 0.05) is 12.2 Å². The standard InChI is InChI=1S/C13H22N2/c1-10(2)12-6-5-11(9-13(12)14)7-8-15(3)4/h5-6,9-10H,7-8,14H2,1-4H3. The van der Waals surface area contributed by atoms with Crippen molar-refractivity contribution < 1.29 is 0 Å². The molecule has 0 aromatic heterocycles. The van der Waals surface area contributed by atoms with E-state index in [2.05, 4.69) is 51.0 Å². The van der Waals surface area contributed by atoms with Crippen molar-refractivity contribution in [1.29, 1.82) is 0 Å². The highest BCUT2D eigenvalue weighted by molar-refractivity contribution is 5.50. The maximum absolute atomic E-state index is 6.02. The van der Waals surface area contributed by atoms with Gasteiger partial charge in [-0.05, 0) is 43.6 Å². The van der Waals surface area contributed by atoms with Crippen LogP contribution in [0.1, 0.15) is 30.9 Å². The Kier molecular flexibility index (Phi) is 4.15. The van der Waals surface area contributed by atoms with Crippen LogP contribution in [0.2, 0.25) is 0 Å². The summed E-state index contributed by atoms with van der Waals surface area (Å²) in [5.74, 6) is 0.507. The number of rotatable bonds is 4. The number of hydrogen-bond acceptors (Lipinski definition) is 2. The summed E-state index contributed by atoms with van der Waals surface area (Å²) in [6.45, 7) is 5.41. The van der Waals surface area contributed by atoms with Crippen molar-refractivity contribution in [2.45, 2.75) is 26.2 Å². The first kappa shape index (κ1) is 12.1. The zero-order valence-electron chi connectivity index (χ0n) is 10.2. The summed E-state index contributed by atoms with van der Waals surface area (Å²) in [4.78, 5) is 2.19. The summed E-state index contributed by atoms with van der Waals surface area (Å²) in [6.07, 6.45) is 1.07. The van der Waals surface area contributed by atoms with Gasteiger partial charge in [-0.15, -0.1) is 0 Å². The molecule has 0 heterocycles. The predicted molar refractivity (Wildman–Crippen MR) is 67.2 cm³/mol. The summed E-state index contributed by atoms with van der Waals surface area (Å²) >= 11 is 0. The molecular formula is C13H22N2. The van der Waals surface area contributed by atoms with Gasteiger partial charge in [-0.1, -0.05) is 26.0 Å². The lowest BCUT2D eigenvalue weighted by Crippen LogP contribution is -2.15. The fraction of sp³-hybridized carbons (Fsp3) is 0.538. The summed E-state index contributed by atoms with van der Waals surface area (Å²) < 4.78 is 0. The van der Waals surface area contributed by atoms with Crippen LogP contribution in [-0.2, 0) is 6.42 Å². The Bertz CT molecular complexity index is 316. The average molecular weight is 206 g/mol. The maximum atomic E-state index is 6.02. The van der Waals surface area contributed by atoms with E-state index in [1.807, 2.05) is 0 Å². The fourth-order valence-corrected chi connectivity index (χ4v) is 1.66. The number of hydrogen-bond donors (Lipinski definition) is 1. The van der Waals surface area contributed by atoms with Crippen LogP contribution in [0.4, 0.5) is 5.69 Å². The highest BCUT2D eigenvalue weighted by atomic mass is 15.0. The van der Waals surface area contributed by atoms with E-state index in [1.165, 1.54) is 11.1 Å². The molecule has 84 valence electrons. The Morgan fingerprint density at radius 3 is 2.40 bits per heavy atom. The van der Waals surface area contributed by atoms with Crippen molar-refractivity contribution in [3.63, 3.8) is 0 Å². The van der Waals surface area contributed by atoms with Crippen molar-refractivity contribution in [1.82, 2.24) is 4.90 Å². The molecule has 0 aliphatic carbocycles. The molecule has 0 fully saturated rings. The predicted octanol–water partition coefficient (Wildman–Crippen LogP) is 2.50. The smallest absolute Gasteiger partial charge is 0.0351 e. The lowest BCUT2D eigenvalue weighted by Gasteiger charge is -2.13.